The van der Waals surface area contributed by atoms with Gasteiger partial charge < -0.3 is 31.3 Å². The van der Waals surface area contributed by atoms with Crippen LogP contribution in [0, 0.1) is 11.8 Å². The molecule has 1 amide bonds. The van der Waals surface area contributed by atoms with Crippen molar-refractivity contribution in [2.75, 3.05) is 14.1 Å². The lowest BCUT2D eigenvalue weighted by Crippen LogP contribution is -2.70. The number of aliphatic hydroxyl groups excluding tert-OH is 3. The number of amides is 1. The van der Waals surface area contributed by atoms with Gasteiger partial charge in [-0.05, 0) is 31.8 Å². The summed E-state index contributed by atoms with van der Waals surface area (Å²) in [6.45, 7) is 3.89. The molecule has 0 aromatic heterocycles. The SMILES string of the molecule is C=C1c2c(Cl)ccc(O)c2C(O)=C2C(=O)[C@]3(O)C(O)=C(C(N)=O)C(=O)[C@@H](N(C)C)[C@@H]3[C@@H](O)C12. The van der Waals surface area contributed by atoms with Crippen LogP contribution in [0.1, 0.15) is 11.1 Å². The first-order valence-corrected chi connectivity index (χ1v) is 10.2. The molecule has 10 nitrogen and oxygen atoms in total. The molecule has 11 heteroatoms. The molecule has 1 aromatic rings. The average Bonchev–Trinajstić information content (AvgIpc) is 2.72. The number of aromatic hydroxyl groups is 1. The van der Waals surface area contributed by atoms with Crippen molar-refractivity contribution in [3.63, 3.8) is 0 Å². The zero-order valence-electron chi connectivity index (χ0n) is 17.5. The summed E-state index contributed by atoms with van der Waals surface area (Å²) in [7, 11) is 2.84. The number of carbonyl (C=O) groups excluding carboxylic acids is 3. The minimum Gasteiger partial charge on any atom is -0.508 e. The molecule has 7 N–H and O–H groups in total. The maximum Gasteiger partial charge on any atom is 0.255 e. The van der Waals surface area contributed by atoms with E-state index in [1.54, 1.807) is 0 Å². The van der Waals surface area contributed by atoms with E-state index in [0.29, 0.717) is 0 Å². The summed E-state index contributed by atoms with van der Waals surface area (Å²) in [5.41, 5.74) is 0.634. The predicted octanol–water partition coefficient (Wildman–Crippen LogP) is 0.0589. The molecule has 3 aliphatic rings. The fourth-order valence-electron chi connectivity index (χ4n) is 5.26. The van der Waals surface area contributed by atoms with Gasteiger partial charge in [0.2, 0.25) is 5.78 Å². The quantitative estimate of drug-likeness (QED) is 0.321. The second-order valence-electron chi connectivity index (χ2n) is 8.55. The van der Waals surface area contributed by atoms with Gasteiger partial charge in [-0.2, -0.15) is 0 Å². The van der Waals surface area contributed by atoms with E-state index in [9.17, 15) is 39.9 Å². The van der Waals surface area contributed by atoms with Gasteiger partial charge in [-0.25, -0.2) is 0 Å². The zero-order valence-corrected chi connectivity index (χ0v) is 18.3. The zero-order chi connectivity index (χ0) is 24.7. The maximum absolute atomic E-state index is 13.7. The number of halogens is 1. The first-order chi connectivity index (χ1) is 15.3. The summed E-state index contributed by atoms with van der Waals surface area (Å²) < 4.78 is 0. The molecule has 1 fully saturated rings. The number of phenolic OH excluding ortho intramolecular Hbond substituents is 1. The van der Waals surface area contributed by atoms with Crippen molar-refractivity contribution < 1.29 is 39.9 Å². The Hall–Kier alpha value is -3.18. The highest BCUT2D eigenvalue weighted by Gasteiger charge is 2.68. The largest absolute Gasteiger partial charge is 0.508 e. The van der Waals surface area contributed by atoms with Gasteiger partial charge in [0.1, 0.15) is 22.8 Å². The maximum atomic E-state index is 13.7. The number of Topliss-reactive ketones (excluding diaryl/α,β-unsaturated/α-hetero) is 2. The Bertz CT molecular complexity index is 1230. The highest BCUT2D eigenvalue weighted by Crippen LogP contribution is 2.56. The number of nitrogens with two attached hydrogens (primary N) is 1. The lowest BCUT2D eigenvalue weighted by Gasteiger charge is -2.52. The molecule has 0 bridgehead atoms. The van der Waals surface area contributed by atoms with E-state index >= 15 is 0 Å². The van der Waals surface area contributed by atoms with Gasteiger partial charge in [-0.15, -0.1) is 0 Å². The molecule has 5 atom stereocenters. The number of rotatable bonds is 2. The Labute approximate surface area is 192 Å². The van der Waals surface area contributed by atoms with Crippen molar-refractivity contribution in [2.24, 2.45) is 17.6 Å². The first kappa shape index (κ1) is 23.0. The second kappa shape index (κ2) is 7.16. The van der Waals surface area contributed by atoms with Crippen molar-refractivity contribution >= 4 is 40.4 Å². The van der Waals surface area contributed by atoms with Crippen LogP contribution < -0.4 is 5.73 Å². The number of fused-ring (bicyclic) bond motifs is 3. The summed E-state index contributed by atoms with van der Waals surface area (Å²) in [6, 6.07) is 1.08. The van der Waals surface area contributed by atoms with E-state index in [2.05, 4.69) is 6.58 Å². The normalized spacial score (nSPS) is 31.5. The topological polar surface area (TPSA) is 182 Å². The Morgan fingerprint density at radius 2 is 1.79 bits per heavy atom. The van der Waals surface area contributed by atoms with E-state index < -0.39 is 75.5 Å². The van der Waals surface area contributed by atoms with E-state index in [-0.39, 0.29) is 21.7 Å². The number of hydrogen-bond donors (Lipinski definition) is 6. The summed E-state index contributed by atoms with van der Waals surface area (Å²) in [5, 5.41) is 55.0. The first-order valence-electron chi connectivity index (χ1n) is 9.81. The number of nitrogens with zero attached hydrogens (tertiary/aromatic N) is 1. The van der Waals surface area contributed by atoms with Gasteiger partial charge in [0.15, 0.2) is 11.4 Å². The van der Waals surface area contributed by atoms with Crippen LogP contribution in [-0.4, -0.2) is 79.7 Å². The number of carbonyl (C=O) groups is 3. The number of benzene rings is 1. The molecule has 3 aliphatic carbocycles. The third-order valence-electron chi connectivity index (χ3n) is 6.67. The van der Waals surface area contributed by atoms with Crippen LogP contribution in [0.3, 0.4) is 0 Å². The van der Waals surface area contributed by atoms with Crippen molar-refractivity contribution in [3.05, 3.63) is 51.8 Å². The molecule has 1 unspecified atom stereocenters. The number of primary amides is 1. The van der Waals surface area contributed by atoms with Gasteiger partial charge in [-0.1, -0.05) is 18.2 Å². The highest BCUT2D eigenvalue weighted by atomic mass is 35.5. The highest BCUT2D eigenvalue weighted by molar-refractivity contribution is 6.33. The van der Waals surface area contributed by atoms with Gasteiger partial charge in [-0.3, -0.25) is 19.3 Å². The Kier molecular flexibility index (Phi) is 4.99. The smallest absolute Gasteiger partial charge is 0.255 e. The van der Waals surface area contributed by atoms with Gasteiger partial charge in [0, 0.05) is 16.5 Å². The molecule has 0 aliphatic heterocycles. The second-order valence-corrected chi connectivity index (χ2v) is 8.96. The van der Waals surface area contributed by atoms with Crippen LogP contribution in [0.25, 0.3) is 11.3 Å². The summed E-state index contributed by atoms with van der Waals surface area (Å²) in [4.78, 5) is 39.9. The van der Waals surface area contributed by atoms with Crippen molar-refractivity contribution in [3.8, 4) is 5.75 Å². The minimum absolute atomic E-state index is 0.0516. The fraction of sp³-hybridized carbons (Fsp3) is 0.318. The van der Waals surface area contributed by atoms with E-state index in [0.717, 1.165) is 0 Å². The summed E-state index contributed by atoms with van der Waals surface area (Å²) >= 11 is 6.25. The molecule has 0 spiro atoms. The van der Waals surface area contributed by atoms with E-state index in [1.165, 1.54) is 31.1 Å². The van der Waals surface area contributed by atoms with Crippen LogP contribution in [0.2, 0.25) is 5.02 Å². The minimum atomic E-state index is -2.97. The van der Waals surface area contributed by atoms with Crippen LogP contribution in [0.15, 0.2) is 35.6 Å². The standard InChI is InChI=1S/C22H21ClN2O8/c1-6-9-7(23)4-5-8(26)11(9)16(27)12-10(6)17(28)14-15(25(2)3)18(29)13(21(24)32)20(31)22(14,33)19(12)30/h4-5,10,14-15,17,26-28,31,33H,1H2,2-3H3,(H2,24,32)/t10?,14-,15+,17+,22+/m1/s1. The Morgan fingerprint density at radius 1 is 1.18 bits per heavy atom. The Balaban J connectivity index is 2.10. The predicted molar refractivity (Wildman–Crippen MR) is 116 cm³/mol. The number of aliphatic hydroxyl groups is 4. The van der Waals surface area contributed by atoms with Gasteiger partial charge in [0.25, 0.3) is 5.91 Å². The van der Waals surface area contributed by atoms with Gasteiger partial charge >= 0.3 is 0 Å². The fourth-order valence-corrected chi connectivity index (χ4v) is 5.54. The molecular formula is C22H21ClN2O8. The summed E-state index contributed by atoms with van der Waals surface area (Å²) in [6.07, 6.45) is -1.75. The molecule has 0 radical (unpaired) electrons. The lowest BCUT2D eigenvalue weighted by atomic mass is 9.55. The molecule has 1 aromatic carbocycles. The van der Waals surface area contributed by atoms with E-state index in [4.69, 9.17) is 17.3 Å². The van der Waals surface area contributed by atoms with E-state index in [1.807, 2.05) is 0 Å². The van der Waals surface area contributed by atoms with Crippen LogP contribution in [0.5, 0.6) is 5.75 Å². The monoisotopic (exact) mass is 476 g/mol. The third kappa shape index (κ3) is 2.69. The molecule has 0 saturated heterocycles. The number of phenols is 1. The molecule has 33 heavy (non-hydrogen) atoms. The van der Waals surface area contributed by atoms with Crippen LogP contribution >= 0.6 is 11.6 Å². The molecule has 0 heterocycles. The van der Waals surface area contributed by atoms with Crippen molar-refractivity contribution in [1.29, 1.82) is 0 Å². The number of likely N-dealkylation sites (N-methyl/N-ethyl adjacent to an activating group) is 1. The van der Waals surface area contributed by atoms with Crippen LogP contribution in [-0.2, 0) is 14.4 Å². The molecule has 1 saturated carbocycles. The number of hydrogen-bond acceptors (Lipinski definition) is 9. The molecule has 174 valence electrons. The third-order valence-corrected chi connectivity index (χ3v) is 6.99. The summed E-state index contributed by atoms with van der Waals surface area (Å²) in [5.74, 6) is -9.18. The van der Waals surface area contributed by atoms with Crippen LogP contribution in [0.4, 0.5) is 0 Å². The lowest BCUT2D eigenvalue weighted by molar-refractivity contribution is -0.166. The van der Waals surface area contributed by atoms with Crippen molar-refractivity contribution in [1.82, 2.24) is 4.90 Å². The van der Waals surface area contributed by atoms with Gasteiger partial charge in [0.05, 0.1) is 29.2 Å². The number of ketones is 2. The molecule has 4 rings (SSSR count). The Morgan fingerprint density at radius 3 is 2.33 bits per heavy atom. The van der Waals surface area contributed by atoms with Crippen molar-refractivity contribution in [2.45, 2.75) is 17.7 Å². The molecular weight excluding hydrogens is 456 g/mol. The average molecular weight is 477 g/mol.